The first-order valence-corrected chi connectivity index (χ1v) is 27.4. The summed E-state index contributed by atoms with van der Waals surface area (Å²) < 4.78 is 52.8. The molecule has 328 valence electrons. The number of benzene rings is 2. The first-order valence-electron chi connectivity index (χ1n) is 20.0. The molecule has 60 heavy (non-hydrogen) atoms. The average Bonchev–Trinajstić information content (AvgIpc) is 4.03. The van der Waals surface area contributed by atoms with Crippen molar-refractivity contribution in [1.82, 2.24) is 19.1 Å². The summed E-state index contributed by atoms with van der Waals surface area (Å²) in [7, 11) is -2.08. The molecule has 15 heteroatoms. The maximum Gasteiger partial charge on any atom is 1.00 e. The Hall–Kier alpha value is -3.62. The number of aryl methyl sites for hydroxylation is 2. The van der Waals surface area contributed by atoms with Crippen LogP contribution in [0.4, 0.5) is 8.78 Å². The minimum Gasteiger partial charge on any atom is -0.461 e. The number of aromatic nitrogens is 4. The van der Waals surface area contributed by atoms with Crippen LogP contribution in [0.1, 0.15) is 81.4 Å². The van der Waals surface area contributed by atoms with Gasteiger partial charge in [-0.05, 0) is 59.8 Å². The van der Waals surface area contributed by atoms with Gasteiger partial charge in [0.25, 0.3) is 0 Å². The van der Waals surface area contributed by atoms with Crippen molar-refractivity contribution in [2.45, 2.75) is 125 Å². The van der Waals surface area contributed by atoms with Crippen molar-refractivity contribution in [2.75, 3.05) is 13.2 Å². The van der Waals surface area contributed by atoms with E-state index >= 15 is 0 Å². The second-order valence-electron chi connectivity index (χ2n) is 16.3. The Morgan fingerprint density at radius 1 is 0.850 bits per heavy atom. The maximum absolute atomic E-state index is 14.1. The van der Waals surface area contributed by atoms with E-state index in [0.29, 0.717) is 54.2 Å². The van der Waals surface area contributed by atoms with Gasteiger partial charge in [-0.25, -0.2) is 18.7 Å². The fraction of sp³-hybridized carbons (Fsp3) is 0.467. The third-order valence-corrected chi connectivity index (χ3v) is 12.5. The Morgan fingerprint density at radius 3 is 1.88 bits per heavy atom. The number of aldehydes is 1. The van der Waals surface area contributed by atoms with Crippen LogP contribution in [-0.2, 0) is 35.8 Å². The van der Waals surface area contributed by atoms with Gasteiger partial charge in [0.1, 0.15) is 25.4 Å². The summed E-state index contributed by atoms with van der Waals surface area (Å²) in [5.41, 5.74) is 3.14. The van der Waals surface area contributed by atoms with E-state index in [2.05, 4.69) is 63.1 Å². The summed E-state index contributed by atoms with van der Waals surface area (Å²) in [6.45, 7) is 26.1. The first-order chi connectivity index (χ1) is 27.6. The van der Waals surface area contributed by atoms with E-state index in [0.717, 1.165) is 42.9 Å². The SMILES string of the molecule is C.CCc1coc2c(F)ccc(C(O)c3nccn3COCC[Si](C)(C)C)c12.CCc1coc2c(F)ccc(C=O)c12.C[Si](C)(C)CCOCn1ccnc1.[2HH].[CH2-]CCC.[Li+]. The van der Waals surface area contributed by atoms with Crippen molar-refractivity contribution >= 4 is 44.4 Å². The van der Waals surface area contributed by atoms with E-state index in [1.54, 1.807) is 41.8 Å². The topological polar surface area (TPSA) is 118 Å². The molecule has 0 amide bonds. The predicted octanol–water partition coefficient (Wildman–Crippen LogP) is 9.37. The third kappa shape index (κ3) is 16.7. The Balaban J connectivity index is 0.000000897. The van der Waals surface area contributed by atoms with Crippen molar-refractivity contribution in [2.24, 2.45) is 0 Å². The van der Waals surface area contributed by atoms with Crippen molar-refractivity contribution in [3.05, 3.63) is 115 Å². The molecule has 0 bridgehead atoms. The number of unbranched alkanes of at least 4 members (excludes halogenated alkanes) is 1. The number of aliphatic hydroxyl groups is 1. The van der Waals surface area contributed by atoms with Gasteiger partial charge in [-0.2, -0.15) is 6.42 Å². The Labute approximate surface area is 371 Å². The molecule has 4 heterocycles. The number of carbonyl (C=O) groups is 1. The molecule has 0 fully saturated rings. The van der Waals surface area contributed by atoms with Gasteiger partial charge >= 0.3 is 18.9 Å². The quantitative estimate of drug-likeness (QED) is 0.0443. The van der Waals surface area contributed by atoms with Gasteiger partial charge < -0.3 is 39.5 Å². The number of nitrogens with zero attached hydrogens (tertiary/aromatic N) is 4. The number of hydrogen-bond acceptors (Lipinski definition) is 8. The Bertz CT molecular complexity index is 2110. The van der Waals surface area contributed by atoms with E-state index in [9.17, 15) is 18.7 Å². The average molecular weight is 864 g/mol. The molecule has 10 nitrogen and oxygen atoms in total. The molecule has 1 N–H and O–H groups in total. The van der Waals surface area contributed by atoms with Gasteiger partial charge in [0.2, 0.25) is 0 Å². The molecule has 0 aliphatic heterocycles. The van der Waals surface area contributed by atoms with Crippen LogP contribution >= 0.6 is 0 Å². The van der Waals surface area contributed by atoms with E-state index in [1.165, 1.54) is 36.9 Å². The number of fused-ring (bicyclic) bond motifs is 2. The minimum atomic E-state index is -1.15. The molecule has 1 unspecified atom stereocenters. The summed E-state index contributed by atoms with van der Waals surface area (Å²) >= 11 is 0. The zero-order valence-electron chi connectivity index (χ0n) is 36.8. The fourth-order valence-corrected chi connectivity index (χ4v) is 7.04. The smallest absolute Gasteiger partial charge is 0.461 e. The molecule has 2 aromatic carbocycles. The number of furan rings is 2. The molecule has 0 aliphatic rings. The Morgan fingerprint density at radius 2 is 1.38 bits per heavy atom. The van der Waals surface area contributed by atoms with Crippen molar-refractivity contribution in [3.63, 3.8) is 0 Å². The fourth-order valence-electron chi connectivity index (χ4n) is 5.53. The molecule has 0 radical (unpaired) electrons. The Kier molecular flexibility index (Phi) is 24.2. The second kappa shape index (κ2) is 26.7. The van der Waals surface area contributed by atoms with Gasteiger partial charge in [0, 0.05) is 71.9 Å². The zero-order chi connectivity index (χ0) is 42.9. The molecule has 4 aromatic heterocycles. The largest absolute Gasteiger partial charge is 1.00 e. The molecule has 6 rings (SSSR count). The number of carbonyl (C=O) groups excluding carboxylic acids is 1. The monoisotopic (exact) mass is 863 g/mol. The van der Waals surface area contributed by atoms with Crippen molar-refractivity contribution in [1.29, 1.82) is 0 Å². The molecular formula is C45H69F2LiN4O6Si2. The zero-order valence-corrected chi connectivity index (χ0v) is 38.8. The molecular weight excluding hydrogens is 794 g/mol. The van der Waals surface area contributed by atoms with Crippen LogP contribution in [0.15, 0.2) is 76.7 Å². The number of halogens is 2. The van der Waals surface area contributed by atoms with E-state index < -0.39 is 33.9 Å². The summed E-state index contributed by atoms with van der Waals surface area (Å²) in [6.07, 6.45) is 15.3. The number of ether oxygens (including phenoxy) is 2. The van der Waals surface area contributed by atoms with Gasteiger partial charge in [0.05, 0.1) is 18.9 Å². The standard InChI is InChI=1S/C20H27FN2O3Si.C11H9FO2.C9H18N2OSi.C4H9.CH4.Li.H2/c1-5-14-12-26-19-16(21)7-6-15(17(14)19)18(24)20-22-8-9-23(20)13-25-10-11-27(2,3)4;1-2-7-6-14-11-9(12)4-3-8(5-13)10(7)11;1-13(2,3)7-6-12-9-11-5-4-10-8-11;1-3-4-2;;;/h6-9,12,18,24H,5,10-11,13H2,1-4H3;3-6H,2H2,1H3;4-5,8H,6-7,9H2,1-3H3;1,3-4H2,2H3;1H4;;1H/q;;;-1;;+1;/i;;;;;;1+1. The molecule has 0 saturated carbocycles. The molecule has 0 aliphatic carbocycles. The molecule has 1 atom stereocenters. The normalized spacial score (nSPS) is 11.6. The van der Waals surface area contributed by atoms with Gasteiger partial charge in [-0.3, -0.25) is 4.79 Å². The van der Waals surface area contributed by atoms with Crippen molar-refractivity contribution < 1.29 is 57.3 Å². The van der Waals surface area contributed by atoms with Gasteiger partial charge in [-0.1, -0.05) is 80.0 Å². The van der Waals surface area contributed by atoms with Crippen LogP contribution in [0.25, 0.3) is 21.9 Å². The van der Waals surface area contributed by atoms with Crippen LogP contribution in [0.3, 0.4) is 0 Å². The van der Waals surface area contributed by atoms with Gasteiger partial charge in [0.15, 0.2) is 29.1 Å². The van der Waals surface area contributed by atoms with Crippen LogP contribution < -0.4 is 18.9 Å². The predicted molar refractivity (Wildman–Crippen MR) is 242 cm³/mol. The van der Waals surface area contributed by atoms with Crippen LogP contribution in [0.5, 0.6) is 0 Å². The van der Waals surface area contributed by atoms with Gasteiger partial charge in [-0.15, -0.1) is 0 Å². The van der Waals surface area contributed by atoms with E-state index in [4.69, 9.17) is 18.3 Å². The molecule has 0 saturated heterocycles. The number of aliphatic hydroxyl groups excluding tert-OH is 1. The number of rotatable bonds is 16. The second-order valence-corrected chi connectivity index (χ2v) is 27.6. The summed E-state index contributed by atoms with van der Waals surface area (Å²) in [5, 5.41) is 12.2. The number of imidazole rings is 2. The summed E-state index contributed by atoms with van der Waals surface area (Å²) in [5.74, 6) is -0.386. The third-order valence-electron chi connectivity index (χ3n) is 9.12. The van der Waals surface area contributed by atoms with Crippen LogP contribution in [0.2, 0.25) is 51.4 Å². The maximum atomic E-state index is 14.1. The first kappa shape index (κ1) is 54.4. The van der Waals surface area contributed by atoms with E-state index in [1.807, 2.05) is 24.6 Å². The number of hydrogen-bond donors (Lipinski definition) is 1. The van der Waals surface area contributed by atoms with Crippen molar-refractivity contribution in [3.8, 4) is 0 Å². The van der Waals surface area contributed by atoms with Crippen LogP contribution in [-0.4, -0.2) is 59.9 Å². The molecule has 6 aromatic rings. The molecule has 0 spiro atoms. The summed E-state index contributed by atoms with van der Waals surface area (Å²) in [4.78, 5) is 19.0. The minimum absolute atomic E-state index is 0. The summed E-state index contributed by atoms with van der Waals surface area (Å²) in [6, 6.07) is 7.94. The van der Waals surface area contributed by atoms with E-state index in [-0.39, 0.29) is 38.9 Å². The van der Waals surface area contributed by atoms with Crippen LogP contribution in [0, 0.1) is 18.6 Å².